The molecule has 2 bridgehead atoms. The summed E-state index contributed by atoms with van der Waals surface area (Å²) in [4.78, 5) is 30.8. The van der Waals surface area contributed by atoms with Crippen LogP contribution in [-0.4, -0.2) is 59.7 Å². The highest BCUT2D eigenvalue weighted by Crippen LogP contribution is 2.44. The summed E-state index contributed by atoms with van der Waals surface area (Å²) < 4.78 is 10.3. The molecule has 1 saturated heterocycles. The Kier molecular flexibility index (Phi) is 6.20. The van der Waals surface area contributed by atoms with Crippen molar-refractivity contribution in [3.05, 3.63) is 65.9 Å². The Labute approximate surface area is 272 Å². The molecule has 0 spiro atoms. The van der Waals surface area contributed by atoms with Crippen LogP contribution in [0.3, 0.4) is 0 Å². The van der Waals surface area contributed by atoms with Gasteiger partial charge in [0.1, 0.15) is 22.7 Å². The zero-order valence-corrected chi connectivity index (χ0v) is 27.2. The molecule has 4 aromatic heterocycles. The molecule has 3 atom stereocenters. The van der Waals surface area contributed by atoms with Gasteiger partial charge in [0.05, 0.1) is 29.5 Å². The van der Waals surface area contributed by atoms with Gasteiger partial charge in [0.25, 0.3) is 5.91 Å². The van der Waals surface area contributed by atoms with E-state index in [1.54, 1.807) is 13.2 Å². The third kappa shape index (κ3) is 4.42. The largest absolute Gasteiger partial charge is 0.507 e. The molecule has 2 saturated carbocycles. The fourth-order valence-corrected chi connectivity index (χ4v) is 8.24. The number of hydrogen-bond donors (Lipinski definition) is 1. The summed E-state index contributed by atoms with van der Waals surface area (Å²) in [5, 5.41) is 12.4. The summed E-state index contributed by atoms with van der Waals surface area (Å²) in [5.74, 6) is 3.53. The lowest BCUT2D eigenvalue weighted by Gasteiger charge is -2.27. The number of hydrogen-bond acceptors (Lipinski definition) is 6. The van der Waals surface area contributed by atoms with Gasteiger partial charge in [0.2, 0.25) is 0 Å². The molecule has 2 aromatic carbocycles. The molecular formula is C38H38N6O3. The van der Waals surface area contributed by atoms with Gasteiger partial charge in [-0.15, -0.1) is 0 Å². The van der Waals surface area contributed by atoms with E-state index in [1.807, 2.05) is 50.4 Å². The molecule has 6 aromatic rings. The number of likely N-dealkylation sites (tertiary alicyclic amines) is 1. The van der Waals surface area contributed by atoms with Crippen molar-refractivity contribution < 1.29 is 14.6 Å². The summed E-state index contributed by atoms with van der Waals surface area (Å²) >= 11 is 0. The third-order valence-electron chi connectivity index (χ3n) is 11.0. The maximum atomic E-state index is 13.8. The normalized spacial score (nSPS) is 20.7. The van der Waals surface area contributed by atoms with Crippen molar-refractivity contribution in [3.8, 4) is 34.3 Å². The smallest absolute Gasteiger partial charge is 0.254 e. The molecule has 2 aliphatic carbocycles. The zero-order chi connectivity index (χ0) is 32.1. The van der Waals surface area contributed by atoms with Crippen molar-refractivity contribution in [3.63, 3.8) is 0 Å². The second kappa shape index (κ2) is 10.3. The number of piperidine rings is 1. The molecule has 0 radical (unpaired) electrons. The predicted octanol–water partition coefficient (Wildman–Crippen LogP) is 7.11. The first-order chi connectivity index (χ1) is 22.8. The highest BCUT2D eigenvalue weighted by atomic mass is 16.5. The van der Waals surface area contributed by atoms with E-state index in [9.17, 15) is 9.90 Å². The highest BCUT2D eigenvalue weighted by Gasteiger charge is 2.46. The number of amides is 1. The molecular weight excluding hydrogens is 588 g/mol. The maximum Gasteiger partial charge on any atom is 0.254 e. The topological polar surface area (TPSA) is 98.3 Å². The lowest BCUT2D eigenvalue weighted by atomic mass is 10.0. The molecule has 47 heavy (non-hydrogen) atoms. The van der Waals surface area contributed by atoms with Gasteiger partial charge in [0.15, 0.2) is 5.82 Å². The van der Waals surface area contributed by atoms with Gasteiger partial charge in [-0.25, -0.2) is 9.97 Å². The molecule has 9 rings (SSSR count). The van der Waals surface area contributed by atoms with Crippen LogP contribution in [-0.2, 0) is 13.6 Å². The van der Waals surface area contributed by atoms with Crippen molar-refractivity contribution in [1.29, 1.82) is 0 Å². The molecule has 238 valence electrons. The van der Waals surface area contributed by atoms with Crippen molar-refractivity contribution in [1.82, 2.24) is 29.0 Å². The van der Waals surface area contributed by atoms with Crippen molar-refractivity contribution in [2.75, 3.05) is 13.7 Å². The van der Waals surface area contributed by atoms with E-state index in [2.05, 4.69) is 38.1 Å². The molecule has 1 aliphatic heterocycles. The fourth-order valence-electron chi connectivity index (χ4n) is 8.24. The minimum Gasteiger partial charge on any atom is -0.507 e. The molecule has 2 unspecified atom stereocenters. The first kappa shape index (κ1) is 28.3. The molecule has 3 aliphatic rings. The molecule has 1 N–H and O–H groups in total. The fraction of sp³-hybridized carbons (Fsp3) is 0.368. The van der Waals surface area contributed by atoms with E-state index in [4.69, 9.17) is 14.7 Å². The second-order valence-corrected chi connectivity index (χ2v) is 14.0. The Bertz CT molecular complexity index is 2260. The van der Waals surface area contributed by atoms with Crippen LogP contribution >= 0.6 is 0 Å². The number of imidazole rings is 1. The van der Waals surface area contributed by atoms with Crippen molar-refractivity contribution in [2.24, 2.45) is 24.8 Å². The van der Waals surface area contributed by atoms with Crippen LogP contribution in [0.25, 0.3) is 55.7 Å². The van der Waals surface area contributed by atoms with Crippen LogP contribution in [0.15, 0.2) is 54.6 Å². The average molecular weight is 627 g/mol. The molecule has 9 heteroatoms. The van der Waals surface area contributed by atoms with Crippen molar-refractivity contribution in [2.45, 2.75) is 52.1 Å². The van der Waals surface area contributed by atoms with Gasteiger partial charge >= 0.3 is 0 Å². The van der Waals surface area contributed by atoms with Gasteiger partial charge in [-0.05, 0) is 92.8 Å². The Balaban J connectivity index is 1.15. The number of aryl methyl sites for hydroxylation is 2. The number of carbonyl (C=O) groups is 1. The highest BCUT2D eigenvalue weighted by molar-refractivity contribution is 6.00. The first-order valence-electron chi connectivity index (χ1n) is 16.7. The van der Waals surface area contributed by atoms with E-state index < -0.39 is 0 Å². The van der Waals surface area contributed by atoms with Gasteiger partial charge in [-0.3, -0.25) is 9.78 Å². The first-order valence-corrected chi connectivity index (χ1v) is 16.7. The number of carbonyl (C=O) groups excluding carboxylic acids is 1. The van der Waals surface area contributed by atoms with Gasteiger partial charge in [0, 0.05) is 59.8 Å². The standard InChI is InChI=1S/C38H38N6O3/c1-20-13-33(45)27-14-23(7-11-29(27)39-20)28-10-8-24-16-32(43(36(24)40-28)18-22-5-6-22)37-41-30-15-26(17-34(47-4)35(30)42(37)3)38(46)44-19-25-9-12-31(44)21(25)2/h7-8,10-11,13-17,21-22,25,31H,5-6,9,12,18-19H2,1-4H3,(H,39,45)/t21-,25?,31?/m1/s1. The summed E-state index contributed by atoms with van der Waals surface area (Å²) in [6, 6.07) is 18.1. The Morgan fingerprint density at radius 1 is 0.979 bits per heavy atom. The third-order valence-corrected chi connectivity index (χ3v) is 11.0. The number of pyridine rings is 2. The number of rotatable bonds is 6. The number of fused-ring (bicyclic) bond motifs is 5. The van der Waals surface area contributed by atoms with Crippen LogP contribution in [0.1, 0.15) is 48.7 Å². The summed E-state index contributed by atoms with van der Waals surface area (Å²) in [7, 11) is 3.68. The average Bonchev–Trinajstić information content (AvgIpc) is 3.47. The molecule has 9 nitrogen and oxygen atoms in total. The van der Waals surface area contributed by atoms with Crippen LogP contribution in [0.5, 0.6) is 11.5 Å². The lowest BCUT2D eigenvalue weighted by Crippen LogP contribution is -2.38. The molecule has 5 heterocycles. The maximum absolute atomic E-state index is 13.8. The number of methoxy groups -OCH3 is 1. The van der Waals surface area contributed by atoms with E-state index in [1.165, 1.54) is 19.3 Å². The van der Waals surface area contributed by atoms with Gasteiger partial charge in [-0.2, -0.15) is 0 Å². The zero-order valence-electron chi connectivity index (χ0n) is 27.2. The Morgan fingerprint density at radius 3 is 2.57 bits per heavy atom. The monoisotopic (exact) mass is 626 g/mol. The second-order valence-electron chi connectivity index (χ2n) is 14.0. The quantitative estimate of drug-likeness (QED) is 0.212. The molecule has 1 amide bonds. The van der Waals surface area contributed by atoms with Crippen molar-refractivity contribution >= 4 is 38.9 Å². The van der Waals surface area contributed by atoms with Crippen LogP contribution in [0, 0.1) is 24.7 Å². The summed E-state index contributed by atoms with van der Waals surface area (Å²) in [6.07, 6.45) is 4.71. The van der Waals surface area contributed by atoms with E-state index >= 15 is 0 Å². The van der Waals surface area contributed by atoms with Crippen LogP contribution in [0.4, 0.5) is 0 Å². The number of benzene rings is 2. The Hall–Kier alpha value is -4.92. The summed E-state index contributed by atoms with van der Waals surface area (Å²) in [6.45, 7) is 5.86. The number of aromatic hydroxyl groups is 1. The van der Waals surface area contributed by atoms with Crippen LogP contribution in [0.2, 0.25) is 0 Å². The number of ether oxygens (including phenoxy) is 1. The lowest BCUT2D eigenvalue weighted by molar-refractivity contribution is 0.0696. The SMILES string of the molecule is COc1cc(C(=O)N2CC3CCC2[C@@H]3C)cc2nc(-c3cc4ccc(-c5ccc6nc(C)cc(O)c6c5)nc4n3CC3CC3)n(C)c12. The summed E-state index contributed by atoms with van der Waals surface area (Å²) in [5.41, 5.74) is 7.45. The minimum atomic E-state index is 0.0731. The van der Waals surface area contributed by atoms with E-state index in [0.29, 0.717) is 40.5 Å². The van der Waals surface area contributed by atoms with Gasteiger partial charge < -0.3 is 23.9 Å². The van der Waals surface area contributed by atoms with E-state index in [-0.39, 0.29) is 11.7 Å². The van der Waals surface area contributed by atoms with Gasteiger partial charge in [-0.1, -0.05) is 13.0 Å². The van der Waals surface area contributed by atoms with Crippen LogP contribution < -0.4 is 4.74 Å². The number of nitrogens with zero attached hydrogens (tertiary/aromatic N) is 6. The molecule has 3 fully saturated rings. The predicted molar refractivity (Wildman–Crippen MR) is 183 cm³/mol. The van der Waals surface area contributed by atoms with E-state index in [0.717, 1.165) is 75.6 Å². The number of aromatic nitrogens is 5. The Morgan fingerprint density at radius 2 is 1.83 bits per heavy atom. The minimum absolute atomic E-state index is 0.0731.